The number of nitrogens with one attached hydrogen (secondary N) is 1. The first-order valence-electron chi connectivity index (χ1n) is 9.31. The number of hydrogen-bond donors (Lipinski definition) is 2. The van der Waals surface area contributed by atoms with Crippen molar-refractivity contribution >= 4 is 39.4 Å². The predicted molar refractivity (Wildman–Crippen MR) is 117 cm³/mol. The molecule has 0 fully saturated rings. The fourth-order valence-electron chi connectivity index (χ4n) is 3.12. The van der Waals surface area contributed by atoms with Crippen molar-refractivity contribution in [3.63, 3.8) is 0 Å². The van der Waals surface area contributed by atoms with Crippen LogP contribution in [0.2, 0.25) is 0 Å². The number of hydrogen-bond acceptors (Lipinski definition) is 6. The van der Waals surface area contributed by atoms with Crippen molar-refractivity contribution in [3.05, 3.63) is 101 Å². The van der Waals surface area contributed by atoms with Crippen LogP contribution in [0.4, 0.5) is 22.7 Å². The number of benzene rings is 4. The molecule has 2 N–H and O–H groups in total. The highest BCUT2D eigenvalue weighted by atomic mass is 16.6. The van der Waals surface area contributed by atoms with Crippen LogP contribution in [0.5, 0.6) is 5.75 Å². The Morgan fingerprint density at radius 3 is 2.35 bits per heavy atom. The summed E-state index contributed by atoms with van der Waals surface area (Å²) in [7, 11) is 0. The van der Waals surface area contributed by atoms with Gasteiger partial charge in [0.15, 0.2) is 11.4 Å². The number of carbonyl (C=O) groups is 1. The number of nitro groups is 1. The number of amides is 1. The fourth-order valence-corrected chi connectivity index (χ4v) is 3.12. The van der Waals surface area contributed by atoms with E-state index < -0.39 is 10.8 Å². The summed E-state index contributed by atoms with van der Waals surface area (Å²) in [6, 6.07) is 23.3. The topological polar surface area (TPSA) is 117 Å². The lowest BCUT2D eigenvalue weighted by molar-refractivity contribution is -0.384. The van der Waals surface area contributed by atoms with Crippen LogP contribution in [0, 0.1) is 10.1 Å². The minimum atomic E-state index is -0.559. The van der Waals surface area contributed by atoms with Crippen LogP contribution in [-0.4, -0.2) is 15.9 Å². The highest BCUT2D eigenvalue weighted by Crippen LogP contribution is 2.40. The number of para-hydroxylation sites is 2. The summed E-state index contributed by atoms with van der Waals surface area (Å²) in [5, 5.41) is 34.1. The fraction of sp³-hybridized carbons (Fsp3) is 0. The summed E-state index contributed by atoms with van der Waals surface area (Å²) in [5.74, 6) is -0.883. The number of azo groups is 1. The van der Waals surface area contributed by atoms with Gasteiger partial charge in [-0.25, -0.2) is 0 Å². The smallest absolute Gasteiger partial charge is 0.296 e. The summed E-state index contributed by atoms with van der Waals surface area (Å²) in [4.78, 5) is 23.5. The van der Waals surface area contributed by atoms with E-state index in [1.165, 1.54) is 18.2 Å². The number of rotatable bonds is 5. The molecular weight excluding hydrogens is 396 g/mol. The van der Waals surface area contributed by atoms with E-state index in [2.05, 4.69) is 15.5 Å². The van der Waals surface area contributed by atoms with Crippen molar-refractivity contribution in [3.8, 4) is 5.75 Å². The second-order valence-electron chi connectivity index (χ2n) is 6.61. The molecule has 8 heteroatoms. The Balaban J connectivity index is 1.81. The molecule has 0 radical (unpaired) electrons. The number of anilines is 1. The van der Waals surface area contributed by atoms with Crippen LogP contribution in [-0.2, 0) is 0 Å². The van der Waals surface area contributed by atoms with Gasteiger partial charge in [0, 0.05) is 17.1 Å². The Kier molecular flexibility index (Phi) is 5.35. The Bertz CT molecular complexity index is 1320. The molecule has 152 valence electrons. The van der Waals surface area contributed by atoms with Gasteiger partial charge in [-0.1, -0.05) is 54.6 Å². The van der Waals surface area contributed by atoms with Crippen LogP contribution in [0.25, 0.3) is 10.8 Å². The lowest BCUT2D eigenvalue weighted by Crippen LogP contribution is -2.12. The zero-order valence-electron chi connectivity index (χ0n) is 16.1. The van der Waals surface area contributed by atoms with Gasteiger partial charge < -0.3 is 10.4 Å². The van der Waals surface area contributed by atoms with Crippen molar-refractivity contribution < 1.29 is 14.8 Å². The summed E-state index contributed by atoms with van der Waals surface area (Å²) >= 11 is 0. The maximum absolute atomic E-state index is 12.8. The van der Waals surface area contributed by atoms with E-state index in [1.54, 1.807) is 60.7 Å². The van der Waals surface area contributed by atoms with Crippen LogP contribution in [0.3, 0.4) is 0 Å². The molecule has 1 amide bonds. The van der Waals surface area contributed by atoms with Gasteiger partial charge in [0.2, 0.25) is 0 Å². The van der Waals surface area contributed by atoms with E-state index in [0.717, 1.165) is 0 Å². The molecule has 0 aliphatic carbocycles. The molecule has 31 heavy (non-hydrogen) atoms. The lowest BCUT2D eigenvalue weighted by atomic mass is 10.0. The SMILES string of the molecule is O=C(Nc1ccccc1)c1cc2ccccc2c(N=Nc2ccccc2[N+](=O)[O-])c1O. The maximum Gasteiger partial charge on any atom is 0.296 e. The number of nitrogens with zero attached hydrogens (tertiary/aromatic N) is 3. The van der Waals surface area contributed by atoms with Gasteiger partial charge in [0.1, 0.15) is 5.69 Å². The number of nitro benzene ring substituents is 1. The van der Waals surface area contributed by atoms with Gasteiger partial charge in [0.05, 0.1) is 10.5 Å². The van der Waals surface area contributed by atoms with Gasteiger partial charge in [-0.15, -0.1) is 10.2 Å². The largest absolute Gasteiger partial charge is 0.505 e. The van der Waals surface area contributed by atoms with Crippen molar-refractivity contribution in [2.75, 3.05) is 5.32 Å². The molecule has 4 aromatic carbocycles. The third-order valence-corrected chi connectivity index (χ3v) is 4.61. The third kappa shape index (κ3) is 4.08. The average molecular weight is 412 g/mol. The molecule has 0 saturated carbocycles. The monoisotopic (exact) mass is 412 g/mol. The first-order valence-corrected chi connectivity index (χ1v) is 9.31. The first-order chi connectivity index (χ1) is 15.0. The Labute approximate surface area is 176 Å². The van der Waals surface area contributed by atoms with Gasteiger partial charge in [-0.05, 0) is 29.7 Å². The summed E-state index contributed by atoms with van der Waals surface area (Å²) in [6.45, 7) is 0. The van der Waals surface area contributed by atoms with Crippen LogP contribution in [0.15, 0.2) is 95.2 Å². The van der Waals surface area contributed by atoms with Gasteiger partial charge in [-0.3, -0.25) is 14.9 Å². The Hall–Kier alpha value is -4.59. The normalized spacial score (nSPS) is 11.0. The molecule has 0 bridgehead atoms. The Morgan fingerprint density at radius 2 is 1.58 bits per heavy atom. The van der Waals surface area contributed by atoms with Gasteiger partial charge >= 0.3 is 0 Å². The second-order valence-corrected chi connectivity index (χ2v) is 6.61. The van der Waals surface area contributed by atoms with Crippen molar-refractivity contribution in [2.45, 2.75) is 0 Å². The molecule has 0 atom stereocenters. The first kappa shape index (κ1) is 19.7. The van der Waals surface area contributed by atoms with E-state index >= 15 is 0 Å². The summed E-state index contributed by atoms with van der Waals surface area (Å²) in [6.07, 6.45) is 0. The number of carbonyl (C=O) groups excluding carboxylic acids is 1. The predicted octanol–water partition coefficient (Wildman–Crippen LogP) is 6.12. The van der Waals surface area contributed by atoms with Crippen LogP contribution >= 0.6 is 0 Å². The minimum absolute atomic E-state index is 0.0130. The number of phenolic OH excluding ortho intramolecular Hbond substituents is 1. The molecule has 0 unspecified atom stereocenters. The zero-order valence-corrected chi connectivity index (χ0v) is 16.1. The standard InChI is InChI=1S/C23H16N4O4/c28-22-18(23(29)24-16-9-2-1-3-10-16)14-15-8-4-5-11-17(15)21(22)26-25-19-12-6-7-13-20(19)27(30)31/h1-14,28H,(H,24,29). The zero-order chi connectivity index (χ0) is 21.8. The van der Waals surface area contributed by atoms with Gasteiger partial charge in [0.25, 0.3) is 11.6 Å². The quantitative estimate of drug-likeness (QED) is 0.233. The van der Waals surface area contributed by atoms with Crippen LogP contribution in [0.1, 0.15) is 10.4 Å². The molecule has 4 aromatic rings. The van der Waals surface area contributed by atoms with Gasteiger partial charge in [-0.2, -0.15) is 0 Å². The molecule has 0 spiro atoms. The summed E-state index contributed by atoms with van der Waals surface area (Å²) < 4.78 is 0. The second kappa shape index (κ2) is 8.42. The van der Waals surface area contributed by atoms with Crippen molar-refractivity contribution in [1.82, 2.24) is 0 Å². The highest BCUT2D eigenvalue weighted by molar-refractivity contribution is 6.11. The molecule has 8 nitrogen and oxygen atoms in total. The maximum atomic E-state index is 12.8. The number of fused-ring (bicyclic) bond motifs is 1. The molecule has 0 aliphatic heterocycles. The average Bonchev–Trinajstić information content (AvgIpc) is 2.79. The summed E-state index contributed by atoms with van der Waals surface area (Å²) in [5.41, 5.74) is 0.458. The third-order valence-electron chi connectivity index (χ3n) is 4.61. The molecular formula is C23H16N4O4. The van der Waals surface area contributed by atoms with Crippen molar-refractivity contribution in [2.24, 2.45) is 10.2 Å². The number of aromatic hydroxyl groups is 1. The Morgan fingerprint density at radius 1 is 0.903 bits per heavy atom. The van der Waals surface area contributed by atoms with E-state index in [-0.39, 0.29) is 28.4 Å². The number of phenols is 1. The molecule has 0 saturated heterocycles. The van der Waals surface area contributed by atoms with Crippen LogP contribution < -0.4 is 5.32 Å². The van der Waals surface area contributed by atoms with E-state index in [9.17, 15) is 20.0 Å². The van der Waals surface area contributed by atoms with Crippen molar-refractivity contribution in [1.29, 1.82) is 0 Å². The molecule has 0 heterocycles. The highest BCUT2D eigenvalue weighted by Gasteiger charge is 2.19. The molecule has 4 rings (SSSR count). The lowest BCUT2D eigenvalue weighted by Gasteiger charge is -2.11. The minimum Gasteiger partial charge on any atom is -0.505 e. The van der Waals surface area contributed by atoms with E-state index in [1.807, 2.05) is 6.07 Å². The van der Waals surface area contributed by atoms with E-state index in [0.29, 0.717) is 16.5 Å². The van der Waals surface area contributed by atoms with E-state index in [4.69, 9.17) is 0 Å². The molecule has 0 aromatic heterocycles. The molecule has 0 aliphatic rings.